The third-order valence-electron chi connectivity index (χ3n) is 5.29. The number of piperidine rings is 1. The van der Waals surface area contributed by atoms with E-state index in [0.717, 1.165) is 30.9 Å². The Morgan fingerprint density at radius 2 is 1.93 bits per heavy atom. The fraction of sp³-hybridized carbons (Fsp3) is 0.636. The first-order chi connectivity index (χ1) is 14.2. The van der Waals surface area contributed by atoms with Gasteiger partial charge < -0.3 is 20.7 Å². The van der Waals surface area contributed by atoms with E-state index in [2.05, 4.69) is 32.8 Å². The highest BCUT2D eigenvalue weighted by Gasteiger charge is 2.19. The first-order valence-corrected chi connectivity index (χ1v) is 10.8. The lowest BCUT2D eigenvalue weighted by Gasteiger charge is -2.35. The summed E-state index contributed by atoms with van der Waals surface area (Å²) in [5, 5.41) is 9.48. The molecule has 30 heavy (non-hydrogen) atoms. The Hall–Kier alpha value is -1.55. The molecule has 1 amide bonds. The second-order valence-electron chi connectivity index (χ2n) is 7.34. The van der Waals surface area contributed by atoms with E-state index in [9.17, 15) is 4.79 Å². The summed E-state index contributed by atoms with van der Waals surface area (Å²) in [7, 11) is 1.64. The van der Waals surface area contributed by atoms with Crippen LogP contribution in [0.5, 0.6) is 5.75 Å². The van der Waals surface area contributed by atoms with E-state index >= 15 is 0 Å². The van der Waals surface area contributed by atoms with E-state index < -0.39 is 0 Å². The maximum Gasteiger partial charge on any atom is 0.242 e. The zero-order valence-electron chi connectivity index (χ0n) is 18.6. The Morgan fingerprint density at radius 3 is 2.60 bits per heavy atom. The van der Waals surface area contributed by atoms with Crippen molar-refractivity contribution in [1.82, 2.24) is 20.9 Å². The molecule has 1 aromatic rings. The van der Waals surface area contributed by atoms with Crippen LogP contribution >= 0.6 is 24.0 Å². The average Bonchev–Trinajstić information content (AvgIpc) is 2.76. The van der Waals surface area contributed by atoms with Crippen molar-refractivity contribution in [2.75, 3.05) is 39.8 Å². The SMILES string of the molecule is CCNC(=NCC(=O)NCc1ccc(OC)cc1)NCCN1CCCCC1CC.I. The summed E-state index contributed by atoms with van der Waals surface area (Å²) in [5.74, 6) is 1.40. The van der Waals surface area contributed by atoms with Crippen molar-refractivity contribution in [3.05, 3.63) is 29.8 Å². The second kappa shape index (κ2) is 15.3. The van der Waals surface area contributed by atoms with Crippen LogP contribution in [0.1, 0.15) is 45.1 Å². The molecule has 0 saturated carbocycles. The smallest absolute Gasteiger partial charge is 0.242 e. The number of methoxy groups -OCH3 is 1. The van der Waals surface area contributed by atoms with E-state index in [1.807, 2.05) is 31.2 Å². The van der Waals surface area contributed by atoms with Crippen LogP contribution in [0.4, 0.5) is 0 Å². The van der Waals surface area contributed by atoms with E-state index in [1.165, 1.54) is 32.2 Å². The van der Waals surface area contributed by atoms with Gasteiger partial charge in [-0.05, 0) is 50.4 Å². The number of likely N-dealkylation sites (tertiary alicyclic amines) is 1. The zero-order chi connectivity index (χ0) is 20.9. The molecular weight excluding hydrogens is 493 g/mol. The number of nitrogens with one attached hydrogen (secondary N) is 3. The molecule has 0 radical (unpaired) electrons. The summed E-state index contributed by atoms with van der Waals surface area (Å²) in [4.78, 5) is 19.1. The van der Waals surface area contributed by atoms with Crippen molar-refractivity contribution < 1.29 is 9.53 Å². The van der Waals surface area contributed by atoms with E-state index in [-0.39, 0.29) is 36.4 Å². The molecule has 3 N–H and O–H groups in total. The van der Waals surface area contributed by atoms with Crippen LogP contribution < -0.4 is 20.7 Å². The van der Waals surface area contributed by atoms with Crippen LogP contribution in [0.3, 0.4) is 0 Å². The number of benzene rings is 1. The molecule has 0 aliphatic carbocycles. The molecule has 1 aliphatic heterocycles. The number of hydrogen-bond donors (Lipinski definition) is 3. The van der Waals surface area contributed by atoms with Gasteiger partial charge in [-0.3, -0.25) is 9.69 Å². The molecule has 1 atom stereocenters. The van der Waals surface area contributed by atoms with Crippen LogP contribution in [-0.4, -0.2) is 62.6 Å². The summed E-state index contributed by atoms with van der Waals surface area (Å²) >= 11 is 0. The molecule has 0 spiro atoms. The first-order valence-electron chi connectivity index (χ1n) is 10.8. The second-order valence-corrected chi connectivity index (χ2v) is 7.34. The summed E-state index contributed by atoms with van der Waals surface area (Å²) < 4.78 is 5.14. The standard InChI is InChI=1S/C22H37N5O2.HI/c1-4-19-8-6-7-14-27(19)15-13-24-22(23-5-2)26-17-21(28)25-16-18-9-11-20(29-3)12-10-18;/h9-12,19H,4-8,13-17H2,1-3H3,(H,25,28)(H2,23,24,26);1H. The summed E-state index contributed by atoms with van der Waals surface area (Å²) in [5.41, 5.74) is 1.03. The molecule has 1 aliphatic rings. The maximum atomic E-state index is 12.1. The highest BCUT2D eigenvalue weighted by atomic mass is 127. The summed E-state index contributed by atoms with van der Waals surface area (Å²) in [6.07, 6.45) is 5.15. The van der Waals surface area contributed by atoms with Crippen LogP contribution in [-0.2, 0) is 11.3 Å². The molecule has 1 unspecified atom stereocenters. The van der Waals surface area contributed by atoms with Crippen molar-refractivity contribution in [3.63, 3.8) is 0 Å². The number of carbonyl (C=O) groups excluding carboxylic acids is 1. The lowest BCUT2D eigenvalue weighted by Crippen LogP contribution is -2.46. The Morgan fingerprint density at radius 1 is 1.17 bits per heavy atom. The predicted molar refractivity (Wildman–Crippen MR) is 134 cm³/mol. The molecule has 0 bridgehead atoms. The maximum absolute atomic E-state index is 12.1. The number of nitrogens with zero attached hydrogens (tertiary/aromatic N) is 2. The minimum absolute atomic E-state index is 0. The number of carbonyl (C=O) groups is 1. The first kappa shape index (κ1) is 26.5. The van der Waals surface area contributed by atoms with Gasteiger partial charge in [0.1, 0.15) is 12.3 Å². The van der Waals surface area contributed by atoms with E-state index in [1.54, 1.807) is 7.11 Å². The lowest BCUT2D eigenvalue weighted by atomic mass is 10.0. The third-order valence-corrected chi connectivity index (χ3v) is 5.29. The monoisotopic (exact) mass is 531 g/mol. The normalized spacial score (nSPS) is 17.0. The minimum atomic E-state index is -0.0971. The van der Waals surface area contributed by atoms with E-state index in [4.69, 9.17) is 4.74 Å². The Bertz CT molecular complexity index is 639. The van der Waals surface area contributed by atoms with Crippen LogP contribution in [0.25, 0.3) is 0 Å². The molecule has 1 heterocycles. The third kappa shape index (κ3) is 9.51. The number of guanidine groups is 1. The highest BCUT2D eigenvalue weighted by molar-refractivity contribution is 14.0. The molecule has 8 heteroatoms. The van der Waals surface area contributed by atoms with Crippen molar-refractivity contribution in [2.45, 2.75) is 52.1 Å². The van der Waals surface area contributed by atoms with Gasteiger partial charge in [-0.25, -0.2) is 4.99 Å². The van der Waals surface area contributed by atoms with Gasteiger partial charge in [0, 0.05) is 32.2 Å². The van der Waals surface area contributed by atoms with Gasteiger partial charge in [-0.1, -0.05) is 25.5 Å². The van der Waals surface area contributed by atoms with Gasteiger partial charge in [0.15, 0.2) is 5.96 Å². The summed E-state index contributed by atoms with van der Waals surface area (Å²) in [6.45, 7) is 8.66. The van der Waals surface area contributed by atoms with Crippen molar-refractivity contribution in [3.8, 4) is 5.75 Å². The van der Waals surface area contributed by atoms with Crippen LogP contribution in [0.2, 0.25) is 0 Å². The Balaban J connectivity index is 0.00000450. The molecule has 1 fully saturated rings. The lowest BCUT2D eigenvalue weighted by molar-refractivity contribution is -0.119. The minimum Gasteiger partial charge on any atom is -0.497 e. The Kier molecular flexibility index (Phi) is 13.5. The molecule has 1 aromatic carbocycles. The fourth-order valence-corrected chi connectivity index (χ4v) is 3.63. The zero-order valence-corrected chi connectivity index (χ0v) is 20.9. The van der Waals surface area contributed by atoms with Gasteiger partial charge >= 0.3 is 0 Å². The van der Waals surface area contributed by atoms with Crippen LogP contribution in [0.15, 0.2) is 29.3 Å². The van der Waals surface area contributed by atoms with Gasteiger partial charge in [0.25, 0.3) is 0 Å². The molecule has 170 valence electrons. The van der Waals surface area contributed by atoms with Gasteiger partial charge in [-0.15, -0.1) is 24.0 Å². The van der Waals surface area contributed by atoms with Gasteiger partial charge in [0.05, 0.1) is 7.11 Å². The van der Waals surface area contributed by atoms with Crippen molar-refractivity contribution >= 4 is 35.8 Å². The predicted octanol–water partition coefficient (Wildman–Crippen LogP) is 2.75. The number of hydrogen-bond acceptors (Lipinski definition) is 4. The molecule has 7 nitrogen and oxygen atoms in total. The average molecular weight is 531 g/mol. The number of amides is 1. The topological polar surface area (TPSA) is 78.0 Å². The number of ether oxygens (including phenoxy) is 1. The molecule has 1 saturated heterocycles. The number of halogens is 1. The quantitative estimate of drug-likeness (QED) is 0.246. The van der Waals surface area contributed by atoms with Gasteiger partial charge in [-0.2, -0.15) is 0 Å². The van der Waals surface area contributed by atoms with Crippen molar-refractivity contribution in [2.24, 2.45) is 4.99 Å². The largest absolute Gasteiger partial charge is 0.497 e. The molecular formula is C22H38IN5O2. The fourth-order valence-electron chi connectivity index (χ4n) is 3.63. The van der Waals surface area contributed by atoms with Crippen molar-refractivity contribution in [1.29, 1.82) is 0 Å². The highest BCUT2D eigenvalue weighted by Crippen LogP contribution is 2.18. The summed E-state index contributed by atoms with van der Waals surface area (Å²) in [6, 6.07) is 8.36. The molecule has 2 rings (SSSR count). The van der Waals surface area contributed by atoms with Gasteiger partial charge in [0.2, 0.25) is 5.91 Å². The molecule has 0 aromatic heterocycles. The van der Waals surface area contributed by atoms with Crippen LogP contribution in [0, 0.1) is 0 Å². The van der Waals surface area contributed by atoms with E-state index in [0.29, 0.717) is 18.5 Å². The Labute approximate surface area is 198 Å². The number of aliphatic imine (C=N–C) groups is 1. The number of rotatable bonds is 10.